The Morgan fingerprint density at radius 3 is 1.66 bits per heavy atom. The first-order valence-electron chi connectivity index (χ1n) is 12.0. The maximum atomic E-state index is 12.8. The molecule has 4 rings (SSSR count). The summed E-state index contributed by atoms with van der Waals surface area (Å²) in [6.07, 6.45) is 3.00. The second-order valence-electron chi connectivity index (χ2n) is 8.36. The van der Waals surface area contributed by atoms with E-state index in [1.54, 1.807) is 11.8 Å². The Kier molecular flexibility index (Phi) is 9.02. The molecule has 0 heterocycles. The average molecular weight is 483 g/mol. The summed E-state index contributed by atoms with van der Waals surface area (Å²) in [4.78, 5) is 15.1. The minimum atomic E-state index is 0.0152. The zero-order chi connectivity index (χ0) is 24.3. The molecule has 0 saturated carbocycles. The molecule has 35 heavy (non-hydrogen) atoms. The van der Waals surface area contributed by atoms with E-state index in [2.05, 4.69) is 31.2 Å². The third-order valence-corrected chi connectivity index (χ3v) is 6.57. The standard InChI is InChI=1S/C31H30O3S/c1-24-10-16-27(17-11-24)33-22-6-3-7-23-34-28-18-12-25(13-19-28)31(32)26-14-20-30(21-15-26)35-29-8-4-2-5-9-29/h2,4-5,8-21H,3,6-7,22-23H2,1H3. The van der Waals surface area contributed by atoms with Crippen molar-refractivity contribution in [2.75, 3.05) is 13.2 Å². The Morgan fingerprint density at radius 1 is 0.600 bits per heavy atom. The molecule has 0 atom stereocenters. The van der Waals surface area contributed by atoms with Crippen LogP contribution in [0.4, 0.5) is 0 Å². The van der Waals surface area contributed by atoms with Crippen molar-refractivity contribution < 1.29 is 14.3 Å². The molecule has 0 radical (unpaired) electrons. The van der Waals surface area contributed by atoms with Crippen LogP contribution in [0.1, 0.15) is 40.7 Å². The van der Waals surface area contributed by atoms with Crippen molar-refractivity contribution in [3.8, 4) is 11.5 Å². The monoisotopic (exact) mass is 482 g/mol. The number of rotatable bonds is 12. The minimum Gasteiger partial charge on any atom is -0.494 e. The van der Waals surface area contributed by atoms with Gasteiger partial charge in [0.05, 0.1) is 13.2 Å². The number of unbranched alkanes of at least 4 members (excludes halogenated alkanes) is 2. The minimum absolute atomic E-state index is 0.0152. The Hall–Kier alpha value is -3.50. The van der Waals surface area contributed by atoms with Crippen molar-refractivity contribution in [1.29, 1.82) is 0 Å². The molecule has 0 fully saturated rings. The van der Waals surface area contributed by atoms with Gasteiger partial charge in [0.2, 0.25) is 0 Å². The molecule has 0 aromatic heterocycles. The number of hydrogen-bond donors (Lipinski definition) is 0. The van der Waals surface area contributed by atoms with Crippen LogP contribution in [0, 0.1) is 6.92 Å². The molecule has 4 heteroatoms. The van der Waals surface area contributed by atoms with Crippen LogP contribution in [0.5, 0.6) is 11.5 Å². The summed E-state index contributed by atoms with van der Waals surface area (Å²) in [5.74, 6) is 1.72. The van der Waals surface area contributed by atoms with Crippen LogP contribution in [-0.2, 0) is 0 Å². The number of ether oxygens (including phenoxy) is 2. The fraction of sp³-hybridized carbons (Fsp3) is 0.194. The topological polar surface area (TPSA) is 35.5 Å². The van der Waals surface area contributed by atoms with Crippen LogP contribution in [-0.4, -0.2) is 19.0 Å². The normalized spacial score (nSPS) is 10.7. The largest absolute Gasteiger partial charge is 0.494 e. The predicted octanol–water partition coefficient (Wildman–Crippen LogP) is 8.01. The number of hydrogen-bond acceptors (Lipinski definition) is 4. The summed E-state index contributed by atoms with van der Waals surface area (Å²) < 4.78 is 11.6. The second kappa shape index (κ2) is 12.8. The predicted molar refractivity (Wildman–Crippen MR) is 143 cm³/mol. The summed E-state index contributed by atoms with van der Waals surface area (Å²) in [5.41, 5.74) is 2.58. The van der Waals surface area contributed by atoms with E-state index in [0.29, 0.717) is 24.3 Å². The number of benzene rings is 4. The van der Waals surface area contributed by atoms with Crippen molar-refractivity contribution in [3.05, 3.63) is 120 Å². The number of aryl methyl sites for hydroxylation is 1. The Bertz CT molecular complexity index is 1180. The van der Waals surface area contributed by atoms with E-state index in [-0.39, 0.29) is 5.78 Å². The second-order valence-corrected chi connectivity index (χ2v) is 9.51. The van der Waals surface area contributed by atoms with Gasteiger partial charge in [0.15, 0.2) is 5.78 Å². The molecule has 0 aliphatic rings. The molecule has 0 saturated heterocycles. The van der Waals surface area contributed by atoms with Crippen LogP contribution in [0.3, 0.4) is 0 Å². The molecule has 4 aromatic carbocycles. The van der Waals surface area contributed by atoms with Gasteiger partial charge in [-0.25, -0.2) is 0 Å². The van der Waals surface area contributed by atoms with Crippen molar-refractivity contribution in [2.24, 2.45) is 0 Å². The van der Waals surface area contributed by atoms with Gasteiger partial charge in [-0.1, -0.05) is 47.7 Å². The van der Waals surface area contributed by atoms with E-state index in [9.17, 15) is 4.79 Å². The Balaban J connectivity index is 1.17. The molecule has 0 unspecified atom stereocenters. The highest BCUT2D eigenvalue weighted by atomic mass is 32.2. The number of carbonyl (C=O) groups excluding carboxylic acids is 1. The van der Waals surface area contributed by atoms with Crippen LogP contribution in [0.15, 0.2) is 113 Å². The van der Waals surface area contributed by atoms with Gasteiger partial charge in [0, 0.05) is 20.9 Å². The zero-order valence-electron chi connectivity index (χ0n) is 20.0. The summed E-state index contributed by atoms with van der Waals surface area (Å²) in [6.45, 7) is 3.43. The highest BCUT2D eigenvalue weighted by molar-refractivity contribution is 7.99. The van der Waals surface area contributed by atoms with Gasteiger partial charge in [-0.3, -0.25) is 4.79 Å². The molecule has 0 N–H and O–H groups in total. The summed E-state index contributed by atoms with van der Waals surface area (Å²) in [5, 5.41) is 0. The van der Waals surface area contributed by atoms with Crippen molar-refractivity contribution >= 4 is 17.5 Å². The van der Waals surface area contributed by atoms with Crippen molar-refractivity contribution in [3.63, 3.8) is 0 Å². The summed E-state index contributed by atoms with van der Waals surface area (Å²) in [7, 11) is 0. The molecule has 0 amide bonds. The van der Waals surface area contributed by atoms with E-state index < -0.39 is 0 Å². The van der Waals surface area contributed by atoms with Crippen LogP contribution >= 0.6 is 11.8 Å². The third kappa shape index (κ3) is 7.76. The first-order chi connectivity index (χ1) is 17.2. The molecular formula is C31H30O3S. The summed E-state index contributed by atoms with van der Waals surface area (Å²) >= 11 is 1.68. The van der Waals surface area contributed by atoms with E-state index in [1.165, 1.54) is 10.5 Å². The lowest BCUT2D eigenvalue weighted by atomic mass is 10.0. The molecular weight excluding hydrogens is 452 g/mol. The maximum Gasteiger partial charge on any atom is 0.193 e. The molecule has 0 spiro atoms. The van der Waals surface area contributed by atoms with E-state index in [0.717, 1.165) is 35.7 Å². The SMILES string of the molecule is Cc1ccc(OCCCCCOc2ccc(C(=O)c3ccc(Sc4ccccc4)cc3)cc2)cc1. The first-order valence-corrected chi connectivity index (χ1v) is 12.8. The van der Waals surface area contributed by atoms with Crippen LogP contribution in [0.2, 0.25) is 0 Å². The van der Waals surface area contributed by atoms with E-state index >= 15 is 0 Å². The quantitative estimate of drug-likeness (QED) is 0.151. The van der Waals surface area contributed by atoms with Gasteiger partial charge >= 0.3 is 0 Å². The molecule has 0 aliphatic carbocycles. The highest BCUT2D eigenvalue weighted by Crippen LogP contribution is 2.28. The van der Waals surface area contributed by atoms with Crippen LogP contribution in [0.25, 0.3) is 0 Å². The fourth-order valence-electron chi connectivity index (χ4n) is 3.56. The lowest BCUT2D eigenvalue weighted by molar-refractivity contribution is 0.103. The fourth-order valence-corrected chi connectivity index (χ4v) is 4.40. The Morgan fingerprint density at radius 2 is 1.09 bits per heavy atom. The van der Waals surface area contributed by atoms with Crippen molar-refractivity contribution in [1.82, 2.24) is 0 Å². The van der Waals surface area contributed by atoms with E-state index in [1.807, 2.05) is 78.9 Å². The summed E-state index contributed by atoms with van der Waals surface area (Å²) in [6, 6.07) is 33.5. The molecule has 178 valence electrons. The van der Waals surface area contributed by atoms with Gasteiger partial charge in [-0.05, 0) is 99.0 Å². The number of carbonyl (C=O) groups is 1. The Labute approximate surface area is 212 Å². The number of ketones is 1. The lowest BCUT2D eigenvalue weighted by Gasteiger charge is -2.08. The van der Waals surface area contributed by atoms with Gasteiger partial charge in [0.25, 0.3) is 0 Å². The zero-order valence-corrected chi connectivity index (χ0v) is 20.8. The highest BCUT2D eigenvalue weighted by Gasteiger charge is 2.09. The average Bonchev–Trinajstić information content (AvgIpc) is 2.90. The van der Waals surface area contributed by atoms with Crippen molar-refractivity contribution in [2.45, 2.75) is 36.0 Å². The van der Waals surface area contributed by atoms with Gasteiger partial charge in [0.1, 0.15) is 11.5 Å². The van der Waals surface area contributed by atoms with Gasteiger partial charge in [-0.15, -0.1) is 0 Å². The third-order valence-electron chi connectivity index (χ3n) is 5.56. The maximum absolute atomic E-state index is 12.8. The molecule has 0 bridgehead atoms. The molecule has 0 aliphatic heterocycles. The lowest BCUT2D eigenvalue weighted by Crippen LogP contribution is -2.03. The van der Waals surface area contributed by atoms with E-state index in [4.69, 9.17) is 9.47 Å². The molecule has 3 nitrogen and oxygen atoms in total. The first kappa shape index (κ1) is 24.6. The van der Waals surface area contributed by atoms with Crippen LogP contribution < -0.4 is 9.47 Å². The molecule has 4 aromatic rings. The van der Waals surface area contributed by atoms with Gasteiger partial charge in [-0.2, -0.15) is 0 Å². The smallest absolute Gasteiger partial charge is 0.193 e. The van der Waals surface area contributed by atoms with Gasteiger partial charge < -0.3 is 9.47 Å².